The molecule has 0 aliphatic carbocycles. The maximum absolute atomic E-state index is 6.02. The lowest BCUT2D eigenvalue weighted by Crippen LogP contribution is -2.17. The minimum Gasteiger partial charge on any atom is -0.457 e. The van der Waals surface area contributed by atoms with E-state index in [0.29, 0.717) is 0 Å². The molecule has 0 spiro atoms. The van der Waals surface area contributed by atoms with Crippen LogP contribution in [0.4, 0.5) is 0 Å². The first-order valence-electron chi connectivity index (χ1n) is 7.71. The van der Waals surface area contributed by atoms with Gasteiger partial charge in [-0.25, -0.2) is 0 Å². The SMILES string of the molecule is Cc1cc(CN(C)Cc2ccccc2Oc2ccccc2)n[nH]1. The number of ether oxygens (including phenoxy) is 1. The molecule has 1 heterocycles. The van der Waals surface area contributed by atoms with Crippen LogP contribution in [0.5, 0.6) is 11.5 Å². The van der Waals surface area contributed by atoms with E-state index in [1.165, 1.54) is 0 Å². The predicted octanol–water partition coefficient (Wildman–Crippen LogP) is 4.14. The minimum atomic E-state index is 0.796. The largest absolute Gasteiger partial charge is 0.457 e. The van der Waals surface area contributed by atoms with Crippen LogP contribution >= 0.6 is 0 Å². The second-order valence-corrected chi connectivity index (χ2v) is 5.74. The molecule has 0 radical (unpaired) electrons. The monoisotopic (exact) mass is 307 g/mol. The Morgan fingerprint density at radius 3 is 2.48 bits per heavy atom. The van der Waals surface area contributed by atoms with Gasteiger partial charge in [0.05, 0.1) is 5.69 Å². The maximum atomic E-state index is 6.02. The van der Waals surface area contributed by atoms with E-state index < -0.39 is 0 Å². The number of aromatic amines is 1. The van der Waals surface area contributed by atoms with Crippen molar-refractivity contribution >= 4 is 0 Å². The van der Waals surface area contributed by atoms with Crippen molar-refractivity contribution in [2.45, 2.75) is 20.0 Å². The molecule has 1 N–H and O–H groups in total. The highest BCUT2D eigenvalue weighted by molar-refractivity contribution is 5.37. The van der Waals surface area contributed by atoms with E-state index in [1.54, 1.807) is 0 Å². The summed E-state index contributed by atoms with van der Waals surface area (Å²) in [6.07, 6.45) is 0. The molecule has 0 atom stereocenters. The van der Waals surface area contributed by atoms with Gasteiger partial charge in [-0.15, -0.1) is 0 Å². The molecule has 4 nitrogen and oxygen atoms in total. The zero-order chi connectivity index (χ0) is 16.1. The highest BCUT2D eigenvalue weighted by Crippen LogP contribution is 2.26. The lowest BCUT2D eigenvalue weighted by molar-refractivity contribution is 0.310. The van der Waals surface area contributed by atoms with Crippen molar-refractivity contribution in [1.29, 1.82) is 0 Å². The van der Waals surface area contributed by atoms with Crippen LogP contribution in [0.2, 0.25) is 0 Å². The fourth-order valence-electron chi connectivity index (χ4n) is 2.53. The number of hydrogen-bond donors (Lipinski definition) is 1. The van der Waals surface area contributed by atoms with E-state index in [1.807, 2.05) is 55.5 Å². The van der Waals surface area contributed by atoms with Crippen molar-refractivity contribution < 1.29 is 4.74 Å². The van der Waals surface area contributed by atoms with Gasteiger partial charge in [0.1, 0.15) is 11.5 Å². The molecule has 3 aromatic rings. The molecule has 2 aromatic carbocycles. The number of aryl methyl sites for hydroxylation is 1. The van der Waals surface area contributed by atoms with Gasteiger partial charge in [-0.05, 0) is 38.2 Å². The molecule has 118 valence electrons. The van der Waals surface area contributed by atoms with Crippen molar-refractivity contribution in [2.75, 3.05) is 7.05 Å². The molecule has 0 aliphatic heterocycles. The number of nitrogens with one attached hydrogen (secondary N) is 1. The number of benzene rings is 2. The molecule has 23 heavy (non-hydrogen) atoms. The standard InChI is InChI=1S/C19H21N3O/c1-15-12-17(21-20-15)14-22(2)13-16-8-6-7-11-19(16)23-18-9-4-3-5-10-18/h3-12H,13-14H2,1-2H3,(H,20,21). The molecule has 3 rings (SSSR count). The van der Waals surface area contributed by atoms with Crippen molar-refractivity contribution in [1.82, 2.24) is 15.1 Å². The summed E-state index contributed by atoms with van der Waals surface area (Å²) in [6, 6.07) is 20.1. The van der Waals surface area contributed by atoms with Crippen LogP contribution in [0.15, 0.2) is 60.7 Å². The summed E-state index contributed by atoms with van der Waals surface area (Å²) in [4.78, 5) is 2.22. The van der Waals surface area contributed by atoms with Crippen molar-refractivity contribution in [3.05, 3.63) is 77.6 Å². The first-order valence-corrected chi connectivity index (χ1v) is 7.71. The number of aromatic nitrogens is 2. The van der Waals surface area contributed by atoms with E-state index in [9.17, 15) is 0 Å². The lowest BCUT2D eigenvalue weighted by atomic mass is 10.2. The third-order valence-electron chi connectivity index (χ3n) is 3.57. The van der Waals surface area contributed by atoms with E-state index in [2.05, 4.69) is 34.3 Å². The van der Waals surface area contributed by atoms with E-state index in [-0.39, 0.29) is 0 Å². The lowest BCUT2D eigenvalue weighted by Gasteiger charge is -2.18. The molecular formula is C19H21N3O. The second-order valence-electron chi connectivity index (χ2n) is 5.74. The third kappa shape index (κ3) is 4.20. The molecule has 0 amide bonds. The van der Waals surface area contributed by atoms with Crippen LogP contribution in [-0.4, -0.2) is 22.1 Å². The summed E-state index contributed by atoms with van der Waals surface area (Å²) in [6.45, 7) is 3.61. The van der Waals surface area contributed by atoms with Crippen LogP contribution in [0.1, 0.15) is 17.0 Å². The normalized spacial score (nSPS) is 10.9. The summed E-state index contributed by atoms with van der Waals surface area (Å²) in [5.41, 5.74) is 3.29. The molecule has 0 aliphatic rings. The number of hydrogen-bond acceptors (Lipinski definition) is 3. The van der Waals surface area contributed by atoms with Crippen LogP contribution in [0.3, 0.4) is 0 Å². The zero-order valence-electron chi connectivity index (χ0n) is 13.5. The molecule has 0 saturated carbocycles. The van der Waals surface area contributed by atoms with Crippen molar-refractivity contribution in [3.8, 4) is 11.5 Å². The van der Waals surface area contributed by atoms with Gasteiger partial charge >= 0.3 is 0 Å². The number of rotatable bonds is 6. The highest BCUT2D eigenvalue weighted by Gasteiger charge is 2.09. The Kier molecular flexibility index (Phi) is 4.74. The van der Waals surface area contributed by atoms with Gasteiger partial charge in [0.15, 0.2) is 0 Å². The fraction of sp³-hybridized carbons (Fsp3) is 0.211. The van der Waals surface area contributed by atoms with Gasteiger partial charge in [0.2, 0.25) is 0 Å². The van der Waals surface area contributed by atoms with E-state index in [0.717, 1.165) is 41.5 Å². The zero-order valence-corrected chi connectivity index (χ0v) is 13.5. The Labute approximate surface area is 136 Å². The first-order chi connectivity index (χ1) is 11.2. The Hall–Kier alpha value is -2.59. The van der Waals surface area contributed by atoms with E-state index >= 15 is 0 Å². The summed E-state index contributed by atoms with van der Waals surface area (Å²) < 4.78 is 6.02. The smallest absolute Gasteiger partial charge is 0.131 e. The van der Waals surface area contributed by atoms with Crippen LogP contribution < -0.4 is 4.74 Å². The molecule has 0 unspecified atom stereocenters. The Balaban J connectivity index is 1.70. The topological polar surface area (TPSA) is 41.1 Å². The first kappa shape index (κ1) is 15.3. The number of para-hydroxylation sites is 2. The number of nitrogens with zero attached hydrogens (tertiary/aromatic N) is 2. The van der Waals surface area contributed by atoms with Crippen LogP contribution in [0.25, 0.3) is 0 Å². The summed E-state index contributed by atoms with van der Waals surface area (Å²) in [5.74, 6) is 1.74. The summed E-state index contributed by atoms with van der Waals surface area (Å²) in [5, 5.41) is 7.27. The summed E-state index contributed by atoms with van der Waals surface area (Å²) in [7, 11) is 2.09. The van der Waals surface area contributed by atoms with Gasteiger partial charge < -0.3 is 4.74 Å². The van der Waals surface area contributed by atoms with Crippen LogP contribution in [-0.2, 0) is 13.1 Å². The van der Waals surface area contributed by atoms with Crippen molar-refractivity contribution in [3.63, 3.8) is 0 Å². The van der Waals surface area contributed by atoms with Gasteiger partial charge in [0, 0.05) is 24.3 Å². The second kappa shape index (κ2) is 7.11. The van der Waals surface area contributed by atoms with Gasteiger partial charge in [0.25, 0.3) is 0 Å². The Morgan fingerprint density at radius 1 is 1.00 bits per heavy atom. The molecule has 4 heteroatoms. The molecule has 0 bridgehead atoms. The quantitative estimate of drug-likeness (QED) is 0.744. The molecular weight excluding hydrogens is 286 g/mol. The summed E-state index contributed by atoms with van der Waals surface area (Å²) >= 11 is 0. The Bertz CT molecular complexity index is 752. The predicted molar refractivity (Wildman–Crippen MR) is 91.5 cm³/mol. The average Bonchev–Trinajstić information content (AvgIpc) is 2.95. The minimum absolute atomic E-state index is 0.796. The molecule has 0 fully saturated rings. The molecule has 1 aromatic heterocycles. The fourth-order valence-corrected chi connectivity index (χ4v) is 2.53. The van der Waals surface area contributed by atoms with Gasteiger partial charge in [-0.1, -0.05) is 36.4 Å². The Morgan fingerprint density at radius 2 is 1.74 bits per heavy atom. The van der Waals surface area contributed by atoms with Gasteiger partial charge in [-0.3, -0.25) is 10.00 Å². The highest BCUT2D eigenvalue weighted by atomic mass is 16.5. The maximum Gasteiger partial charge on any atom is 0.131 e. The van der Waals surface area contributed by atoms with Gasteiger partial charge in [-0.2, -0.15) is 5.10 Å². The van der Waals surface area contributed by atoms with E-state index in [4.69, 9.17) is 4.74 Å². The number of H-pyrrole nitrogens is 1. The van der Waals surface area contributed by atoms with Crippen LogP contribution in [0, 0.1) is 6.92 Å². The average molecular weight is 307 g/mol. The van der Waals surface area contributed by atoms with Crippen molar-refractivity contribution in [2.24, 2.45) is 0 Å². The third-order valence-corrected chi connectivity index (χ3v) is 3.57. The molecule has 0 saturated heterocycles.